The minimum atomic E-state index is -0.297. The Balaban J connectivity index is 1.56. The van der Waals surface area contributed by atoms with E-state index in [2.05, 4.69) is 15.3 Å². The number of aromatic nitrogens is 3. The molecule has 1 N–H and O–H groups in total. The summed E-state index contributed by atoms with van der Waals surface area (Å²) in [5.74, 6) is 0.410. The van der Waals surface area contributed by atoms with Gasteiger partial charge in [-0.3, -0.25) is 14.2 Å². The van der Waals surface area contributed by atoms with E-state index in [1.807, 2.05) is 6.07 Å². The highest BCUT2D eigenvalue weighted by Gasteiger charge is 2.15. The molecule has 1 aliphatic rings. The van der Waals surface area contributed by atoms with E-state index in [9.17, 15) is 9.59 Å². The summed E-state index contributed by atoms with van der Waals surface area (Å²) in [4.78, 5) is 33.9. The summed E-state index contributed by atoms with van der Waals surface area (Å²) in [6, 6.07) is 8.90. The van der Waals surface area contributed by atoms with E-state index < -0.39 is 0 Å². The van der Waals surface area contributed by atoms with Crippen LogP contribution >= 0.6 is 0 Å². The lowest BCUT2D eigenvalue weighted by atomic mass is 9.95. The summed E-state index contributed by atoms with van der Waals surface area (Å²) in [7, 11) is 1.58. The zero-order valence-electron chi connectivity index (χ0n) is 15.1. The average Bonchev–Trinajstić information content (AvgIpc) is 2.69. The van der Waals surface area contributed by atoms with Crippen molar-refractivity contribution >= 4 is 22.6 Å². The molecule has 2 heterocycles. The molecule has 0 saturated heterocycles. The molecule has 3 aromatic rings. The third-order valence-corrected chi connectivity index (χ3v) is 4.78. The molecule has 2 aromatic heterocycles. The predicted octanol–water partition coefficient (Wildman–Crippen LogP) is 2.32. The molecule has 7 nitrogen and oxygen atoms in total. The quantitative estimate of drug-likeness (QED) is 0.768. The number of aryl methyl sites for hydroxylation is 2. The summed E-state index contributed by atoms with van der Waals surface area (Å²) < 4.78 is 6.41. The molecule has 0 fully saturated rings. The molecule has 0 atom stereocenters. The number of pyridine rings is 1. The maximum absolute atomic E-state index is 12.8. The van der Waals surface area contributed by atoms with Gasteiger partial charge in [-0.1, -0.05) is 0 Å². The fourth-order valence-corrected chi connectivity index (χ4v) is 3.35. The smallest absolute Gasteiger partial charge is 0.263 e. The Hall–Kier alpha value is -3.22. The molecule has 0 unspecified atom stereocenters. The van der Waals surface area contributed by atoms with E-state index in [0.717, 1.165) is 36.9 Å². The van der Waals surface area contributed by atoms with E-state index in [1.165, 1.54) is 10.9 Å². The van der Waals surface area contributed by atoms with Crippen LogP contribution in [0.1, 0.15) is 24.1 Å². The van der Waals surface area contributed by atoms with Crippen LogP contribution < -0.4 is 15.6 Å². The highest BCUT2D eigenvalue weighted by Crippen LogP contribution is 2.21. The number of methoxy groups -OCH3 is 1. The van der Waals surface area contributed by atoms with Gasteiger partial charge in [-0.2, -0.15) is 0 Å². The molecule has 1 amide bonds. The summed E-state index contributed by atoms with van der Waals surface area (Å²) in [5.41, 5.74) is 3.00. The molecular formula is C20H20N4O3. The van der Waals surface area contributed by atoms with Gasteiger partial charge in [0, 0.05) is 11.4 Å². The van der Waals surface area contributed by atoms with Gasteiger partial charge in [0.05, 0.1) is 12.5 Å². The fourth-order valence-electron chi connectivity index (χ4n) is 3.35. The molecule has 0 spiro atoms. The van der Waals surface area contributed by atoms with Gasteiger partial charge < -0.3 is 10.1 Å². The third kappa shape index (κ3) is 3.53. The lowest BCUT2D eigenvalue weighted by Gasteiger charge is -2.15. The van der Waals surface area contributed by atoms with Crippen molar-refractivity contribution in [2.24, 2.45) is 0 Å². The van der Waals surface area contributed by atoms with Crippen LogP contribution in [0, 0.1) is 0 Å². The number of ether oxygens (including phenoxy) is 1. The second-order valence-electron chi connectivity index (χ2n) is 6.63. The molecule has 0 radical (unpaired) electrons. The SMILES string of the molecule is COc1ccc(NC(=O)Cn2cnc3nc4c(cc3c2=O)CCCC4)cc1. The monoisotopic (exact) mass is 364 g/mol. The van der Waals surface area contributed by atoms with Gasteiger partial charge in [0.2, 0.25) is 5.91 Å². The largest absolute Gasteiger partial charge is 0.497 e. The molecule has 4 rings (SSSR count). The van der Waals surface area contributed by atoms with Gasteiger partial charge in [-0.05, 0) is 61.6 Å². The normalized spacial score (nSPS) is 13.2. The number of benzene rings is 1. The van der Waals surface area contributed by atoms with Crippen molar-refractivity contribution in [3.8, 4) is 5.75 Å². The number of carbonyl (C=O) groups is 1. The Morgan fingerprint density at radius 2 is 2.00 bits per heavy atom. The standard InChI is InChI=1S/C20H20N4O3/c1-27-15-8-6-14(7-9-15)22-18(25)11-24-12-21-19-16(20(24)26)10-13-4-2-3-5-17(13)23-19/h6-10,12H,2-5,11H2,1H3,(H,22,25). The summed E-state index contributed by atoms with van der Waals surface area (Å²) in [6.45, 7) is -0.106. The number of nitrogens with zero attached hydrogens (tertiary/aromatic N) is 3. The number of fused-ring (bicyclic) bond motifs is 2. The van der Waals surface area contributed by atoms with Crippen LogP contribution in [0.15, 0.2) is 41.5 Å². The molecule has 1 aromatic carbocycles. The first-order valence-electron chi connectivity index (χ1n) is 8.96. The molecule has 0 aliphatic heterocycles. The second kappa shape index (κ2) is 7.19. The first-order chi connectivity index (χ1) is 13.1. The molecule has 138 valence electrons. The topological polar surface area (TPSA) is 86.1 Å². The summed E-state index contributed by atoms with van der Waals surface area (Å²) in [6.07, 6.45) is 5.48. The van der Waals surface area contributed by atoms with Gasteiger partial charge in [-0.25, -0.2) is 9.97 Å². The number of rotatable bonds is 4. The van der Waals surface area contributed by atoms with Crippen LogP contribution in [-0.2, 0) is 24.2 Å². The third-order valence-electron chi connectivity index (χ3n) is 4.78. The van der Waals surface area contributed by atoms with Gasteiger partial charge in [0.1, 0.15) is 18.6 Å². The number of carbonyl (C=O) groups excluding carboxylic acids is 1. The van der Waals surface area contributed by atoms with E-state index in [0.29, 0.717) is 22.5 Å². The summed E-state index contributed by atoms with van der Waals surface area (Å²) >= 11 is 0. The molecule has 1 aliphatic carbocycles. The van der Waals surface area contributed by atoms with Crippen LogP contribution in [0.3, 0.4) is 0 Å². The molecule has 7 heteroatoms. The minimum Gasteiger partial charge on any atom is -0.497 e. The Morgan fingerprint density at radius 1 is 1.22 bits per heavy atom. The van der Waals surface area contributed by atoms with Gasteiger partial charge >= 0.3 is 0 Å². The van der Waals surface area contributed by atoms with Crippen molar-refractivity contribution < 1.29 is 9.53 Å². The molecular weight excluding hydrogens is 344 g/mol. The van der Waals surface area contributed by atoms with Crippen LogP contribution in [-0.4, -0.2) is 27.6 Å². The van der Waals surface area contributed by atoms with Gasteiger partial charge in [0.15, 0.2) is 5.65 Å². The Labute approximate surface area is 156 Å². The first-order valence-corrected chi connectivity index (χ1v) is 8.96. The van der Waals surface area contributed by atoms with Crippen molar-refractivity contribution in [3.63, 3.8) is 0 Å². The Bertz CT molecular complexity index is 1060. The predicted molar refractivity (Wildman–Crippen MR) is 102 cm³/mol. The number of amides is 1. The van der Waals surface area contributed by atoms with Crippen molar-refractivity contribution in [2.75, 3.05) is 12.4 Å². The minimum absolute atomic E-state index is 0.106. The number of nitrogens with one attached hydrogen (secondary N) is 1. The maximum Gasteiger partial charge on any atom is 0.263 e. The average molecular weight is 364 g/mol. The van der Waals surface area contributed by atoms with E-state index in [1.54, 1.807) is 31.4 Å². The van der Waals surface area contributed by atoms with Gasteiger partial charge in [0.25, 0.3) is 5.56 Å². The molecule has 0 bridgehead atoms. The van der Waals surface area contributed by atoms with E-state index in [-0.39, 0.29) is 18.0 Å². The number of hydrogen-bond acceptors (Lipinski definition) is 5. The molecule has 0 saturated carbocycles. The van der Waals surface area contributed by atoms with Crippen molar-refractivity contribution in [1.29, 1.82) is 0 Å². The first kappa shape index (κ1) is 17.2. The summed E-state index contributed by atoms with van der Waals surface area (Å²) in [5, 5.41) is 3.24. The maximum atomic E-state index is 12.8. The Kier molecular flexibility index (Phi) is 4.58. The van der Waals surface area contributed by atoms with Crippen LogP contribution in [0.2, 0.25) is 0 Å². The van der Waals surface area contributed by atoms with Crippen LogP contribution in [0.5, 0.6) is 5.75 Å². The highest BCUT2D eigenvalue weighted by atomic mass is 16.5. The highest BCUT2D eigenvalue weighted by molar-refractivity contribution is 5.90. The van der Waals surface area contributed by atoms with Crippen LogP contribution in [0.4, 0.5) is 5.69 Å². The Morgan fingerprint density at radius 3 is 2.78 bits per heavy atom. The van der Waals surface area contributed by atoms with Crippen LogP contribution in [0.25, 0.3) is 11.0 Å². The fraction of sp³-hybridized carbons (Fsp3) is 0.300. The van der Waals surface area contributed by atoms with Gasteiger partial charge in [-0.15, -0.1) is 0 Å². The zero-order valence-corrected chi connectivity index (χ0v) is 15.1. The zero-order chi connectivity index (χ0) is 18.8. The second-order valence-corrected chi connectivity index (χ2v) is 6.63. The lowest BCUT2D eigenvalue weighted by Crippen LogP contribution is -2.28. The lowest BCUT2D eigenvalue weighted by molar-refractivity contribution is -0.116. The van der Waals surface area contributed by atoms with E-state index in [4.69, 9.17) is 4.74 Å². The number of anilines is 1. The number of hydrogen-bond donors (Lipinski definition) is 1. The van der Waals surface area contributed by atoms with Crippen molar-refractivity contribution in [3.05, 3.63) is 58.3 Å². The molecule has 27 heavy (non-hydrogen) atoms. The van der Waals surface area contributed by atoms with Crippen molar-refractivity contribution in [1.82, 2.24) is 14.5 Å². The van der Waals surface area contributed by atoms with E-state index >= 15 is 0 Å². The van der Waals surface area contributed by atoms with Crippen molar-refractivity contribution in [2.45, 2.75) is 32.2 Å².